The van der Waals surface area contributed by atoms with Gasteiger partial charge in [-0.3, -0.25) is 9.73 Å². The van der Waals surface area contributed by atoms with Gasteiger partial charge in [0.15, 0.2) is 5.84 Å². The molecule has 1 aromatic heterocycles. The summed E-state index contributed by atoms with van der Waals surface area (Å²) in [7, 11) is -1.71. The van der Waals surface area contributed by atoms with E-state index in [4.69, 9.17) is 10.5 Å². The molecule has 2 aromatic rings. The number of nitrogens with zero attached hydrogens (tertiary/aromatic N) is 5. The maximum Gasteiger partial charge on any atom is 0.304 e. The van der Waals surface area contributed by atoms with E-state index in [1.54, 1.807) is 17.3 Å². The highest BCUT2D eigenvalue weighted by atomic mass is 32.2. The van der Waals surface area contributed by atoms with Crippen molar-refractivity contribution in [2.24, 2.45) is 5.10 Å². The first-order valence-corrected chi connectivity index (χ1v) is 11.9. The Morgan fingerprint density at radius 1 is 1.12 bits per heavy atom. The molecular formula is C20H28N8O3S. The van der Waals surface area contributed by atoms with Crippen LogP contribution in [0.2, 0.25) is 0 Å². The van der Waals surface area contributed by atoms with Crippen molar-refractivity contribution in [2.45, 2.75) is 19.3 Å². The van der Waals surface area contributed by atoms with Crippen molar-refractivity contribution in [3.8, 4) is 5.75 Å². The van der Waals surface area contributed by atoms with Gasteiger partial charge in [-0.2, -0.15) is 12.7 Å². The van der Waals surface area contributed by atoms with Gasteiger partial charge in [0.2, 0.25) is 0 Å². The van der Waals surface area contributed by atoms with E-state index in [1.807, 2.05) is 31.3 Å². The quantitative estimate of drug-likeness (QED) is 0.471. The first kappa shape index (κ1) is 22.1. The zero-order valence-electron chi connectivity index (χ0n) is 17.9. The van der Waals surface area contributed by atoms with E-state index in [2.05, 4.69) is 21.0 Å². The number of hydrazine groups is 2. The van der Waals surface area contributed by atoms with Crippen LogP contribution < -0.4 is 25.7 Å². The number of nitrogens with one attached hydrogen (secondary N) is 2. The summed E-state index contributed by atoms with van der Waals surface area (Å²) in [5, 5.41) is 5.88. The monoisotopic (exact) mass is 460 g/mol. The van der Waals surface area contributed by atoms with Crippen LogP contribution in [0, 0.1) is 0 Å². The van der Waals surface area contributed by atoms with Crippen LogP contribution in [0.5, 0.6) is 5.75 Å². The first-order valence-electron chi connectivity index (χ1n) is 10.5. The fourth-order valence-corrected chi connectivity index (χ4v) is 5.23. The van der Waals surface area contributed by atoms with Crippen molar-refractivity contribution in [2.75, 3.05) is 43.3 Å². The standard InChI is InChI=1S/C20H28N8O3S/c1-26-24-20(23-25-26)16-5-7-18(8-6-16)31-14-4-2-3-11-27-12-13-28(32(27,29)30)17-9-10-22-19(21)15-17/h5-10,15,25H,2-4,11-14H2,1H3,(H2,21,22)(H,23,24). The average molecular weight is 461 g/mol. The third kappa shape index (κ3) is 5.03. The minimum Gasteiger partial charge on any atom is -0.494 e. The zero-order chi connectivity index (χ0) is 22.6. The van der Waals surface area contributed by atoms with Crippen molar-refractivity contribution >= 4 is 27.6 Å². The highest BCUT2D eigenvalue weighted by Gasteiger charge is 2.36. The number of benzene rings is 1. The van der Waals surface area contributed by atoms with Crippen LogP contribution in [0.25, 0.3) is 0 Å². The SMILES string of the molecule is CN1N=C(c2ccc(OCCCCCN3CCN(c4ccnc(N)c4)S3(=O)=O)cc2)NN1. The van der Waals surface area contributed by atoms with Gasteiger partial charge in [-0.05, 0) is 49.6 Å². The number of hydrogen-bond donors (Lipinski definition) is 3. The van der Waals surface area contributed by atoms with Crippen LogP contribution in [0.4, 0.5) is 11.5 Å². The molecule has 0 spiro atoms. The van der Waals surface area contributed by atoms with E-state index in [0.717, 1.165) is 36.4 Å². The van der Waals surface area contributed by atoms with Crippen molar-refractivity contribution in [3.63, 3.8) is 0 Å². The molecule has 2 aliphatic rings. The Bertz CT molecular complexity index is 1060. The van der Waals surface area contributed by atoms with Crippen LogP contribution in [-0.4, -0.2) is 61.9 Å². The summed E-state index contributed by atoms with van der Waals surface area (Å²) in [5.74, 6) is 1.85. The van der Waals surface area contributed by atoms with E-state index >= 15 is 0 Å². The summed E-state index contributed by atoms with van der Waals surface area (Å²) >= 11 is 0. The highest BCUT2D eigenvalue weighted by molar-refractivity contribution is 7.90. The number of hydrazone groups is 1. The molecule has 1 aromatic carbocycles. The summed E-state index contributed by atoms with van der Waals surface area (Å²) in [6, 6.07) is 11.0. The number of rotatable bonds is 9. The molecule has 1 saturated heterocycles. The molecule has 0 atom stereocenters. The van der Waals surface area contributed by atoms with E-state index in [-0.39, 0.29) is 0 Å². The zero-order valence-corrected chi connectivity index (χ0v) is 18.8. The molecule has 4 N–H and O–H groups in total. The molecule has 3 heterocycles. The van der Waals surface area contributed by atoms with Gasteiger partial charge in [-0.25, -0.2) is 10.1 Å². The Morgan fingerprint density at radius 2 is 1.94 bits per heavy atom. The normalized spacial score (nSPS) is 18.0. The van der Waals surface area contributed by atoms with Gasteiger partial charge >= 0.3 is 10.2 Å². The summed E-state index contributed by atoms with van der Waals surface area (Å²) in [6.07, 6.45) is 4.03. The molecule has 0 saturated carbocycles. The van der Waals surface area contributed by atoms with Crippen molar-refractivity contribution in [1.29, 1.82) is 0 Å². The molecule has 0 amide bonds. The largest absolute Gasteiger partial charge is 0.494 e. The first-order chi connectivity index (χ1) is 15.4. The van der Waals surface area contributed by atoms with E-state index < -0.39 is 10.2 Å². The maximum absolute atomic E-state index is 12.8. The summed E-state index contributed by atoms with van der Waals surface area (Å²) in [6.45, 7) is 1.96. The van der Waals surface area contributed by atoms with Crippen LogP contribution in [0.3, 0.4) is 0 Å². The van der Waals surface area contributed by atoms with Gasteiger partial charge in [-0.15, -0.1) is 10.6 Å². The molecule has 0 radical (unpaired) electrons. The molecule has 0 bridgehead atoms. The van der Waals surface area contributed by atoms with Gasteiger partial charge in [0.1, 0.15) is 11.6 Å². The Kier molecular flexibility index (Phi) is 6.63. The molecular weight excluding hydrogens is 432 g/mol. The average Bonchev–Trinajstić information content (AvgIpc) is 3.33. The predicted molar refractivity (Wildman–Crippen MR) is 123 cm³/mol. The maximum atomic E-state index is 12.8. The number of nitrogen functional groups attached to an aromatic ring is 1. The van der Waals surface area contributed by atoms with Gasteiger partial charge < -0.3 is 10.5 Å². The number of anilines is 2. The van der Waals surface area contributed by atoms with Gasteiger partial charge in [0, 0.05) is 44.5 Å². The minimum absolute atomic E-state index is 0.305. The molecule has 1 fully saturated rings. The molecule has 32 heavy (non-hydrogen) atoms. The fourth-order valence-electron chi connectivity index (χ4n) is 3.58. The summed E-state index contributed by atoms with van der Waals surface area (Å²) in [5.41, 5.74) is 13.1. The molecule has 0 aliphatic carbocycles. The molecule has 4 rings (SSSR count). The number of aromatic nitrogens is 1. The second kappa shape index (κ2) is 9.59. The fraction of sp³-hybridized carbons (Fsp3) is 0.400. The van der Waals surface area contributed by atoms with Gasteiger partial charge in [0.05, 0.1) is 12.3 Å². The highest BCUT2D eigenvalue weighted by Crippen LogP contribution is 2.26. The molecule has 2 aliphatic heterocycles. The van der Waals surface area contributed by atoms with Crippen LogP contribution in [0.1, 0.15) is 24.8 Å². The number of pyridine rings is 1. The topological polar surface area (TPSA) is 128 Å². The van der Waals surface area contributed by atoms with Crippen LogP contribution in [0.15, 0.2) is 47.7 Å². The second-order valence-electron chi connectivity index (χ2n) is 7.56. The number of ether oxygens (including phenoxy) is 1. The number of hydrogen-bond acceptors (Lipinski definition) is 9. The Labute approximate surface area is 188 Å². The lowest BCUT2D eigenvalue weighted by molar-refractivity contribution is 0.259. The smallest absolute Gasteiger partial charge is 0.304 e. The Morgan fingerprint density at radius 3 is 2.66 bits per heavy atom. The van der Waals surface area contributed by atoms with Crippen LogP contribution in [-0.2, 0) is 10.2 Å². The van der Waals surface area contributed by atoms with E-state index in [0.29, 0.717) is 37.7 Å². The van der Waals surface area contributed by atoms with Gasteiger partial charge in [0.25, 0.3) is 0 Å². The van der Waals surface area contributed by atoms with Crippen molar-refractivity contribution in [1.82, 2.24) is 25.4 Å². The number of amidine groups is 1. The predicted octanol–water partition coefficient (Wildman–Crippen LogP) is 0.896. The molecule has 172 valence electrons. The third-order valence-electron chi connectivity index (χ3n) is 5.24. The Hall–Kier alpha value is -3.09. The molecule has 0 unspecified atom stereocenters. The van der Waals surface area contributed by atoms with Gasteiger partial charge in [-0.1, -0.05) is 0 Å². The third-order valence-corrected chi connectivity index (χ3v) is 7.21. The number of unbranched alkanes of at least 4 members (excludes halogenated alkanes) is 2. The molecule has 12 heteroatoms. The lowest BCUT2D eigenvalue weighted by Gasteiger charge is -2.20. The summed E-state index contributed by atoms with van der Waals surface area (Å²) in [4.78, 5) is 3.92. The second-order valence-corrected chi connectivity index (χ2v) is 9.41. The lowest BCUT2D eigenvalue weighted by atomic mass is 10.2. The van der Waals surface area contributed by atoms with Crippen LogP contribution >= 0.6 is 0 Å². The molecule has 11 nitrogen and oxygen atoms in total. The summed E-state index contributed by atoms with van der Waals surface area (Å²) < 4.78 is 34.3. The lowest BCUT2D eigenvalue weighted by Crippen LogP contribution is -2.36. The van der Waals surface area contributed by atoms with Crippen molar-refractivity contribution < 1.29 is 13.2 Å². The van der Waals surface area contributed by atoms with E-state index in [1.165, 1.54) is 14.8 Å². The minimum atomic E-state index is -3.52. The van der Waals surface area contributed by atoms with E-state index in [9.17, 15) is 8.42 Å². The van der Waals surface area contributed by atoms with Crippen molar-refractivity contribution in [3.05, 3.63) is 48.2 Å². The Balaban J connectivity index is 1.17. The number of nitrogens with two attached hydrogens (primary N) is 1.